The minimum absolute atomic E-state index is 0.0330. The van der Waals surface area contributed by atoms with Crippen LogP contribution in [0.1, 0.15) is 75.0 Å². The third-order valence-electron chi connectivity index (χ3n) is 10.6. The number of aryl methyl sites for hydroxylation is 2. The van der Waals surface area contributed by atoms with Crippen LogP contribution in [0.2, 0.25) is 0 Å². The van der Waals surface area contributed by atoms with Crippen molar-refractivity contribution in [3.8, 4) is 6.07 Å². The van der Waals surface area contributed by atoms with Gasteiger partial charge in [-0.1, -0.05) is 12.1 Å². The number of amides is 3. The van der Waals surface area contributed by atoms with Gasteiger partial charge < -0.3 is 29.5 Å². The lowest BCUT2D eigenvalue weighted by atomic mass is 9.67. The number of likely N-dealkylation sites (tertiary alicyclic amines) is 1. The highest BCUT2D eigenvalue weighted by Crippen LogP contribution is 2.47. The highest BCUT2D eigenvalue weighted by molar-refractivity contribution is 5.95. The normalized spacial score (nSPS) is 20.7. The Morgan fingerprint density at radius 3 is 2.04 bits per heavy atom. The van der Waals surface area contributed by atoms with Gasteiger partial charge in [0.15, 0.2) is 5.82 Å². The van der Waals surface area contributed by atoms with E-state index in [2.05, 4.69) is 32.0 Å². The summed E-state index contributed by atoms with van der Waals surface area (Å²) < 4.78 is 11.0. The van der Waals surface area contributed by atoms with Crippen LogP contribution in [0.5, 0.6) is 0 Å². The Bertz CT molecular complexity index is 1680. The minimum atomic E-state index is -0.913. The Balaban J connectivity index is 1.28. The molecule has 4 heterocycles. The number of fused-ring (bicyclic) bond motifs is 2. The number of rotatable bonds is 8. The van der Waals surface area contributed by atoms with Gasteiger partial charge in [0, 0.05) is 49.9 Å². The molecule has 3 amide bonds. The molecule has 2 atom stereocenters. The molecule has 3 fully saturated rings. The van der Waals surface area contributed by atoms with Crippen LogP contribution in [0.4, 0.5) is 0 Å². The molecule has 14 nitrogen and oxygen atoms in total. The summed E-state index contributed by atoms with van der Waals surface area (Å²) in [6.07, 6.45) is 3.25. The van der Waals surface area contributed by atoms with Crippen molar-refractivity contribution in [1.82, 2.24) is 40.6 Å². The van der Waals surface area contributed by atoms with E-state index in [1.165, 1.54) is 0 Å². The van der Waals surface area contributed by atoms with Crippen molar-refractivity contribution >= 4 is 17.7 Å². The number of nitrogens with zero attached hydrogens (tertiary/aromatic N) is 7. The molecule has 0 saturated carbocycles. The Morgan fingerprint density at radius 1 is 0.940 bits per heavy atom. The number of nitriles is 1. The number of aromatic amines is 1. The molecule has 0 spiro atoms. The quantitative estimate of drug-likeness (QED) is 0.355. The van der Waals surface area contributed by atoms with Gasteiger partial charge in [0.2, 0.25) is 5.91 Å². The van der Waals surface area contributed by atoms with Crippen LogP contribution in [0.25, 0.3) is 0 Å². The second-order valence-electron chi connectivity index (χ2n) is 13.6. The van der Waals surface area contributed by atoms with Crippen molar-refractivity contribution in [1.29, 1.82) is 5.26 Å². The summed E-state index contributed by atoms with van der Waals surface area (Å²) in [7, 11) is 0. The van der Waals surface area contributed by atoms with Crippen molar-refractivity contribution in [2.45, 2.75) is 56.5 Å². The molecule has 262 valence electrons. The second kappa shape index (κ2) is 14.6. The van der Waals surface area contributed by atoms with E-state index in [-0.39, 0.29) is 30.3 Å². The maximum Gasteiger partial charge on any atom is 0.254 e. The van der Waals surface area contributed by atoms with Gasteiger partial charge in [-0.15, -0.1) is 5.10 Å². The van der Waals surface area contributed by atoms with E-state index < -0.39 is 11.5 Å². The third-order valence-corrected chi connectivity index (χ3v) is 10.6. The minimum Gasteiger partial charge on any atom is -0.378 e. The van der Waals surface area contributed by atoms with Gasteiger partial charge in [0.25, 0.3) is 11.8 Å². The summed E-state index contributed by atoms with van der Waals surface area (Å²) in [4.78, 5) is 45.8. The van der Waals surface area contributed by atoms with Gasteiger partial charge in [0.05, 0.1) is 44.5 Å². The summed E-state index contributed by atoms with van der Waals surface area (Å²) in [6, 6.07) is 13.4. The van der Waals surface area contributed by atoms with Crippen molar-refractivity contribution < 1.29 is 23.9 Å². The lowest BCUT2D eigenvalue weighted by molar-refractivity contribution is -0.130. The monoisotopic (exact) mass is 681 g/mol. The van der Waals surface area contributed by atoms with Gasteiger partial charge in [-0.25, -0.2) is 5.10 Å². The summed E-state index contributed by atoms with van der Waals surface area (Å²) >= 11 is 0. The molecule has 1 aromatic heterocycles. The molecule has 3 aliphatic heterocycles. The Hall–Kier alpha value is -4.71. The number of ether oxygens (including phenoxy) is 2. The molecule has 2 aromatic carbocycles. The van der Waals surface area contributed by atoms with Crippen molar-refractivity contribution in [2.75, 3.05) is 65.7 Å². The summed E-state index contributed by atoms with van der Waals surface area (Å²) in [5, 5.41) is 28.6. The molecule has 1 unspecified atom stereocenters. The number of aromatic nitrogens is 4. The maximum absolute atomic E-state index is 13.6. The van der Waals surface area contributed by atoms with Crippen LogP contribution in [-0.2, 0) is 32.5 Å². The topological polar surface area (TPSA) is 170 Å². The van der Waals surface area contributed by atoms with Crippen LogP contribution in [0, 0.1) is 11.3 Å². The van der Waals surface area contributed by atoms with Crippen LogP contribution in [0.15, 0.2) is 36.4 Å². The van der Waals surface area contributed by atoms with Crippen molar-refractivity contribution in [3.05, 3.63) is 75.6 Å². The molecule has 4 aliphatic rings. The lowest BCUT2D eigenvalue weighted by Gasteiger charge is -2.37. The molecule has 1 aliphatic carbocycles. The van der Waals surface area contributed by atoms with E-state index in [4.69, 9.17) is 9.47 Å². The Kier molecular flexibility index (Phi) is 9.89. The molecule has 0 radical (unpaired) electrons. The standard InChI is InChI=1S/C36H43N9O5/c1-24(38-23-32(46)45-10-2-3-29(45)22-37)21-36(35-39-41-42-40-35)30-8-6-27(33(47)43-11-15-49-16-12-43)19-25(30)4-5-26-20-28(7-9-31(26)36)34(48)44-13-17-50-18-14-44/h6-9,19-20,24,29,38H,2-5,10-18,21,23H2,1H3,(H,39,40,41,42)/t24-,29?/m1/s1. The molecule has 14 heteroatoms. The number of carbonyl (C=O) groups excluding carboxylic acids is 3. The summed E-state index contributed by atoms with van der Waals surface area (Å²) in [5.41, 5.74) is 4.22. The zero-order valence-electron chi connectivity index (χ0n) is 28.4. The first-order chi connectivity index (χ1) is 24.4. The average Bonchev–Trinajstić information content (AvgIpc) is 3.87. The number of nitrogens with one attached hydrogen (secondary N) is 2. The first kappa shape index (κ1) is 33.8. The van der Waals surface area contributed by atoms with E-state index in [1.54, 1.807) is 4.90 Å². The highest BCUT2D eigenvalue weighted by Gasteiger charge is 2.45. The fraction of sp³-hybridized carbons (Fsp3) is 0.528. The summed E-state index contributed by atoms with van der Waals surface area (Å²) in [6.45, 7) is 6.94. The van der Waals surface area contributed by atoms with Crippen LogP contribution >= 0.6 is 0 Å². The fourth-order valence-electron chi connectivity index (χ4n) is 8.02. The molecule has 0 bridgehead atoms. The van der Waals surface area contributed by atoms with E-state index in [9.17, 15) is 19.6 Å². The van der Waals surface area contributed by atoms with E-state index in [1.807, 2.05) is 53.1 Å². The van der Waals surface area contributed by atoms with Gasteiger partial charge >= 0.3 is 0 Å². The number of H-pyrrole nitrogens is 1. The number of hydrogen-bond donors (Lipinski definition) is 2. The first-order valence-corrected chi connectivity index (χ1v) is 17.6. The SMILES string of the molecule is C[C@H](CC1(c2nnn[nH]2)c2ccc(C(=O)N3CCOCC3)cc2CCc2cc(C(=O)N3CCOCC3)ccc21)NCC(=O)N1CCCC1C#N. The zero-order valence-corrected chi connectivity index (χ0v) is 28.4. The molecule has 7 rings (SSSR count). The number of morpholine rings is 2. The number of hydrogen-bond acceptors (Lipinski definition) is 10. The first-order valence-electron chi connectivity index (χ1n) is 17.6. The predicted molar refractivity (Wildman–Crippen MR) is 180 cm³/mol. The number of carbonyl (C=O) groups is 3. The second-order valence-corrected chi connectivity index (χ2v) is 13.6. The van der Waals surface area contributed by atoms with E-state index in [0.717, 1.165) is 28.7 Å². The molecule has 2 N–H and O–H groups in total. The van der Waals surface area contributed by atoms with Crippen molar-refractivity contribution in [3.63, 3.8) is 0 Å². The molecule has 50 heavy (non-hydrogen) atoms. The predicted octanol–water partition coefficient (Wildman–Crippen LogP) is 1.46. The zero-order chi connectivity index (χ0) is 34.7. The Morgan fingerprint density at radius 2 is 1.52 bits per heavy atom. The molecule has 3 saturated heterocycles. The van der Waals surface area contributed by atoms with Gasteiger partial charge in [0.1, 0.15) is 6.04 Å². The fourth-order valence-corrected chi connectivity index (χ4v) is 8.02. The van der Waals surface area contributed by atoms with Gasteiger partial charge in [-0.2, -0.15) is 5.26 Å². The van der Waals surface area contributed by atoms with E-state index in [0.29, 0.717) is 102 Å². The van der Waals surface area contributed by atoms with Crippen LogP contribution < -0.4 is 5.32 Å². The summed E-state index contributed by atoms with van der Waals surface area (Å²) in [5.74, 6) is 0.365. The Labute approximate surface area is 291 Å². The van der Waals surface area contributed by atoms with Gasteiger partial charge in [-0.3, -0.25) is 14.4 Å². The largest absolute Gasteiger partial charge is 0.378 e. The molecular formula is C36H43N9O5. The van der Waals surface area contributed by atoms with Crippen molar-refractivity contribution in [2.24, 2.45) is 0 Å². The number of tetrazole rings is 1. The average molecular weight is 682 g/mol. The number of benzene rings is 2. The maximum atomic E-state index is 13.6. The van der Waals surface area contributed by atoms with E-state index >= 15 is 0 Å². The molecule has 3 aromatic rings. The van der Waals surface area contributed by atoms with Crippen LogP contribution in [-0.4, -0.2) is 131 Å². The highest BCUT2D eigenvalue weighted by atomic mass is 16.5. The lowest BCUT2D eigenvalue weighted by Crippen LogP contribution is -2.45. The smallest absolute Gasteiger partial charge is 0.254 e. The molecular weight excluding hydrogens is 638 g/mol. The third kappa shape index (κ3) is 6.48. The van der Waals surface area contributed by atoms with Crippen LogP contribution in [0.3, 0.4) is 0 Å². The van der Waals surface area contributed by atoms with Gasteiger partial charge in [-0.05, 0) is 96.0 Å².